The maximum absolute atomic E-state index is 11.0. The first kappa shape index (κ1) is 60.5. The summed E-state index contributed by atoms with van der Waals surface area (Å²) in [5, 5.41) is 61.5. The van der Waals surface area contributed by atoms with Crippen LogP contribution in [0.4, 0.5) is 0 Å². The number of aliphatic hydroxyl groups is 2. The number of nitrogens with two attached hydrogens (primary N) is 3. The molecule has 0 saturated heterocycles. The summed E-state index contributed by atoms with van der Waals surface area (Å²) in [6, 6.07) is 12.8. The fraction of sp³-hybridized carbons (Fsp3) is 0.275. The zero-order chi connectivity index (χ0) is 48.6. The van der Waals surface area contributed by atoms with Crippen LogP contribution in [0.3, 0.4) is 0 Å². The number of phenols is 1. The Hall–Kier alpha value is -7.79. The number of Topliss-reactive ketones (excluding diaryl/α,β-unsaturated/α-hetero) is 1. The van der Waals surface area contributed by atoms with Crippen LogP contribution in [0.25, 0.3) is 0 Å². The zero-order valence-electron chi connectivity index (χ0n) is 33.4. The monoisotopic (exact) mass is 905 g/mol. The van der Waals surface area contributed by atoms with Crippen molar-refractivity contribution in [2.75, 3.05) is 0 Å². The van der Waals surface area contributed by atoms with E-state index in [0.29, 0.717) is 6.42 Å². The largest absolute Gasteiger partial charge is 0.508 e. The summed E-state index contributed by atoms with van der Waals surface area (Å²) in [6.45, 7) is 0.350. The highest BCUT2D eigenvalue weighted by Crippen LogP contribution is 2.25. The van der Waals surface area contributed by atoms with Crippen LogP contribution in [0.1, 0.15) is 24.0 Å². The third kappa shape index (κ3) is 26.4. The van der Waals surface area contributed by atoms with E-state index in [1.54, 1.807) is 12.1 Å². The predicted molar refractivity (Wildman–Crippen MR) is 213 cm³/mol. The first-order valence-electron chi connectivity index (χ1n) is 17.5. The summed E-state index contributed by atoms with van der Waals surface area (Å²) in [7, 11) is 0. The maximum atomic E-state index is 11.0. The first-order valence-corrected chi connectivity index (χ1v) is 17.5. The standard InChI is InChI=1S/C10H13NO5.C10H10O6.C9H11NO3.C9H11NO2.2CO2.H2O/c11-8(9(14)15)5-10(16-6-12)3-1-7(13)2-4-10;11-6-16-10(5-8(13)9(14)15)3-1-7(12)2-4-10;10-8(9(12)13)5-6-1-3-7(11)4-2-6;10-8(9(11)12)6-7-4-2-1-3-5-7;2*2-1-3;/h1-4,6-8,13H,5,11H2,(H,14,15);1-4,6-7,12H,5H2,(H,14,15);1-4,8,11H,5,10H2,(H,12,13);1-5,8H,6,10H2,(H,11,12);;;1H2. The minimum Gasteiger partial charge on any atom is -0.508 e. The molecular weight excluding hydrogens is 858 g/mol. The molecule has 0 spiro atoms. The molecule has 4 rings (SSSR count). The van der Waals surface area contributed by atoms with Crippen molar-refractivity contribution < 1.29 is 103 Å². The molecule has 348 valence electrons. The molecule has 0 radical (unpaired) electrons. The van der Waals surface area contributed by atoms with Crippen LogP contribution < -0.4 is 17.2 Å². The van der Waals surface area contributed by atoms with Gasteiger partial charge in [0.1, 0.15) is 23.9 Å². The molecule has 0 fully saturated rings. The Morgan fingerprint density at radius 2 is 0.953 bits per heavy atom. The van der Waals surface area contributed by atoms with E-state index in [9.17, 15) is 38.7 Å². The van der Waals surface area contributed by atoms with E-state index < -0.39 is 77.6 Å². The molecule has 2 aromatic carbocycles. The van der Waals surface area contributed by atoms with Gasteiger partial charge in [0.2, 0.25) is 5.78 Å². The van der Waals surface area contributed by atoms with E-state index in [2.05, 4.69) is 0 Å². The molecule has 0 aliphatic heterocycles. The van der Waals surface area contributed by atoms with Gasteiger partial charge in [0.05, 0.1) is 18.6 Å². The van der Waals surface area contributed by atoms with Gasteiger partial charge in [0, 0.05) is 6.42 Å². The molecule has 0 heterocycles. The number of carbonyl (C=O) groups excluding carboxylic acids is 7. The molecule has 64 heavy (non-hydrogen) atoms. The highest BCUT2D eigenvalue weighted by atomic mass is 16.5. The van der Waals surface area contributed by atoms with E-state index in [1.165, 1.54) is 60.7 Å². The van der Waals surface area contributed by atoms with Gasteiger partial charge in [-0.05, 0) is 60.4 Å². The zero-order valence-corrected chi connectivity index (χ0v) is 33.4. The number of aliphatic hydroxyl groups excluding tert-OH is 2. The second kappa shape index (κ2) is 32.9. The lowest BCUT2D eigenvalue weighted by Crippen LogP contribution is -2.41. The number of hydrogen-bond donors (Lipinski definition) is 10. The third-order valence-electron chi connectivity index (χ3n) is 7.69. The smallest absolute Gasteiger partial charge is 0.373 e. The second-order valence-electron chi connectivity index (χ2n) is 12.4. The van der Waals surface area contributed by atoms with E-state index >= 15 is 0 Å². The van der Waals surface area contributed by atoms with E-state index in [4.69, 9.17) is 76.5 Å². The number of carbonyl (C=O) groups is 7. The van der Waals surface area contributed by atoms with Crippen molar-refractivity contribution >= 4 is 54.9 Å². The van der Waals surface area contributed by atoms with Gasteiger partial charge in [0.25, 0.3) is 12.9 Å². The lowest BCUT2D eigenvalue weighted by atomic mass is 9.90. The third-order valence-corrected chi connectivity index (χ3v) is 7.69. The number of phenolic OH excluding ortho intramolecular Hbond substituents is 1. The van der Waals surface area contributed by atoms with Crippen LogP contribution >= 0.6 is 0 Å². The Labute approximate surface area is 362 Å². The van der Waals surface area contributed by atoms with Crippen molar-refractivity contribution in [3.05, 3.63) is 114 Å². The molecule has 2 aromatic rings. The number of rotatable bonds is 16. The van der Waals surface area contributed by atoms with Crippen molar-refractivity contribution in [1.82, 2.24) is 0 Å². The number of ether oxygens (including phenoxy) is 2. The molecular formula is C40H47N3O21. The lowest BCUT2D eigenvalue weighted by molar-refractivity contribution is -0.193. The average molecular weight is 906 g/mol. The molecule has 0 saturated carbocycles. The predicted octanol–water partition coefficient (Wildman–Crippen LogP) is -2.39. The van der Waals surface area contributed by atoms with E-state index in [-0.39, 0.29) is 49.3 Å². The summed E-state index contributed by atoms with van der Waals surface area (Å²) in [6.07, 6.45) is 9.82. The van der Waals surface area contributed by atoms with E-state index in [0.717, 1.165) is 11.1 Å². The highest BCUT2D eigenvalue weighted by molar-refractivity contribution is 6.33. The van der Waals surface area contributed by atoms with Crippen LogP contribution in [0.5, 0.6) is 5.75 Å². The number of carboxylic acid groups (broad SMARTS) is 4. The SMILES string of the molecule is NC(CC1(OC=O)C=CC(O)C=C1)C(=O)O.NC(Cc1ccc(O)cc1)C(=O)O.NC(Cc1ccccc1)C(=O)O.O.O=C=O.O=C=O.O=COC1(CC(=O)C(=O)O)C=CC(O)C=C1. The quantitative estimate of drug-likeness (QED) is 0.0477. The van der Waals surface area contributed by atoms with Crippen LogP contribution in [-0.4, -0.2) is 138 Å². The molecule has 24 heteroatoms. The fourth-order valence-electron chi connectivity index (χ4n) is 4.65. The number of aromatic hydroxyl groups is 1. The molecule has 3 unspecified atom stereocenters. The number of carboxylic acids is 4. The summed E-state index contributed by atoms with van der Waals surface area (Å²) in [5.41, 5.74) is 15.2. The van der Waals surface area contributed by atoms with Gasteiger partial charge in [-0.3, -0.25) is 28.8 Å². The Kier molecular flexibility index (Phi) is 31.1. The Bertz CT molecular complexity index is 1930. The fourth-order valence-corrected chi connectivity index (χ4v) is 4.65. The topological polar surface area (TPSA) is 457 Å². The number of hydrogen-bond acceptors (Lipinski definition) is 19. The van der Waals surface area contributed by atoms with Gasteiger partial charge >= 0.3 is 36.2 Å². The molecule has 15 N–H and O–H groups in total. The van der Waals surface area contributed by atoms with Gasteiger partial charge in [-0.15, -0.1) is 0 Å². The van der Waals surface area contributed by atoms with Gasteiger partial charge in [-0.1, -0.05) is 66.8 Å². The summed E-state index contributed by atoms with van der Waals surface area (Å²) in [4.78, 5) is 106. The maximum Gasteiger partial charge on any atom is 0.373 e. The molecule has 2 aliphatic rings. The van der Waals surface area contributed by atoms with Crippen LogP contribution in [-0.2, 0) is 75.1 Å². The van der Waals surface area contributed by atoms with Crippen molar-refractivity contribution in [1.29, 1.82) is 0 Å². The summed E-state index contributed by atoms with van der Waals surface area (Å²) in [5.74, 6) is -5.67. The van der Waals surface area contributed by atoms with E-state index in [1.807, 2.05) is 30.3 Å². The molecule has 24 nitrogen and oxygen atoms in total. The van der Waals surface area contributed by atoms with Crippen molar-refractivity contribution in [2.45, 2.75) is 67.2 Å². The van der Waals surface area contributed by atoms with Gasteiger partial charge in [0.15, 0.2) is 11.2 Å². The average Bonchev–Trinajstić information content (AvgIpc) is 3.23. The minimum atomic E-state index is -1.60. The first-order chi connectivity index (χ1) is 29.6. The normalized spacial score (nSPS) is 19.4. The van der Waals surface area contributed by atoms with Crippen LogP contribution in [0.15, 0.2) is 103 Å². The molecule has 2 aliphatic carbocycles. The number of aliphatic carboxylic acids is 4. The molecule has 0 bridgehead atoms. The molecule has 0 amide bonds. The van der Waals surface area contributed by atoms with Crippen molar-refractivity contribution in [3.63, 3.8) is 0 Å². The summed E-state index contributed by atoms with van der Waals surface area (Å²) >= 11 is 0. The van der Waals surface area contributed by atoms with Gasteiger partial charge in [-0.2, -0.15) is 19.2 Å². The van der Waals surface area contributed by atoms with Crippen LogP contribution in [0.2, 0.25) is 0 Å². The Morgan fingerprint density at radius 1 is 0.609 bits per heavy atom. The molecule has 3 atom stereocenters. The second-order valence-corrected chi connectivity index (χ2v) is 12.4. The number of ketones is 1. The van der Waals surface area contributed by atoms with Gasteiger partial charge in [-0.25, -0.2) is 4.79 Å². The number of benzene rings is 2. The molecule has 0 aromatic heterocycles. The highest BCUT2D eigenvalue weighted by Gasteiger charge is 2.34. The Morgan fingerprint density at radius 3 is 1.30 bits per heavy atom. The Balaban J connectivity index is -0.000000743. The lowest BCUT2D eigenvalue weighted by Gasteiger charge is -2.29. The van der Waals surface area contributed by atoms with Crippen molar-refractivity contribution in [2.24, 2.45) is 17.2 Å². The summed E-state index contributed by atoms with van der Waals surface area (Å²) < 4.78 is 9.52. The van der Waals surface area contributed by atoms with Crippen molar-refractivity contribution in [3.8, 4) is 5.75 Å². The minimum absolute atomic E-state index is 0. The van der Waals surface area contributed by atoms with Crippen LogP contribution in [0, 0.1) is 0 Å². The van der Waals surface area contributed by atoms with Gasteiger partial charge < -0.3 is 67.9 Å².